The van der Waals surface area contributed by atoms with Crippen molar-refractivity contribution >= 4 is 35.1 Å². The lowest BCUT2D eigenvalue weighted by atomic mass is 10.1. The van der Waals surface area contributed by atoms with Crippen LogP contribution in [0.2, 0.25) is 5.02 Å². The topological polar surface area (TPSA) is 120 Å². The molecular formula is C21H17ClN8OS. The van der Waals surface area contributed by atoms with Crippen LogP contribution in [-0.2, 0) is 12.2 Å². The van der Waals surface area contributed by atoms with Crippen molar-refractivity contribution in [3.05, 3.63) is 93.1 Å². The monoisotopic (exact) mass is 464 g/mol. The van der Waals surface area contributed by atoms with E-state index in [1.807, 2.05) is 47.0 Å². The molecule has 5 rings (SSSR count). The van der Waals surface area contributed by atoms with Gasteiger partial charge in [0, 0.05) is 29.0 Å². The minimum absolute atomic E-state index is 0.132. The SMILES string of the molecule is Nc1nc2nc(CSc3nnc(Cc4ccccc4)n3-c3ccc(Cl)cc3)cc(=O)n2[nH]1. The van der Waals surface area contributed by atoms with Gasteiger partial charge in [-0.2, -0.15) is 9.50 Å². The number of nitrogens with zero attached hydrogens (tertiary/aromatic N) is 6. The maximum atomic E-state index is 12.3. The third-order valence-corrected chi connectivity index (χ3v) is 5.95. The summed E-state index contributed by atoms with van der Waals surface area (Å²) in [5, 5.41) is 12.8. The first kappa shape index (κ1) is 20.3. The number of hydrogen-bond donors (Lipinski definition) is 2. The van der Waals surface area contributed by atoms with Gasteiger partial charge in [0.1, 0.15) is 5.82 Å². The number of fused-ring (bicyclic) bond motifs is 1. The molecule has 0 radical (unpaired) electrons. The summed E-state index contributed by atoms with van der Waals surface area (Å²) in [6.07, 6.45) is 0.620. The Bertz CT molecular complexity index is 1440. The minimum Gasteiger partial charge on any atom is -0.368 e. The summed E-state index contributed by atoms with van der Waals surface area (Å²) in [7, 11) is 0. The first-order valence-corrected chi connectivity index (χ1v) is 11.0. The molecule has 2 aromatic carbocycles. The van der Waals surface area contributed by atoms with Crippen LogP contribution in [0.15, 0.2) is 70.6 Å². The molecule has 0 unspecified atom stereocenters. The van der Waals surface area contributed by atoms with E-state index in [0.29, 0.717) is 28.0 Å². The Kier molecular flexibility index (Phi) is 5.38. The number of halogens is 1. The molecule has 0 aliphatic carbocycles. The molecule has 32 heavy (non-hydrogen) atoms. The summed E-state index contributed by atoms with van der Waals surface area (Å²) in [6.45, 7) is 0. The number of H-pyrrole nitrogens is 1. The second kappa shape index (κ2) is 8.48. The quantitative estimate of drug-likeness (QED) is 0.370. The summed E-state index contributed by atoms with van der Waals surface area (Å²) >= 11 is 7.52. The first-order valence-electron chi connectivity index (χ1n) is 9.68. The van der Waals surface area contributed by atoms with Gasteiger partial charge >= 0.3 is 0 Å². The van der Waals surface area contributed by atoms with Crippen LogP contribution in [0.1, 0.15) is 17.1 Å². The Morgan fingerprint density at radius 3 is 2.59 bits per heavy atom. The Morgan fingerprint density at radius 2 is 1.81 bits per heavy atom. The van der Waals surface area contributed by atoms with Gasteiger partial charge in [0.15, 0.2) is 5.16 Å². The zero-order chi connectivity index (χ0) is 22.1. The van der Waals surface area contributed by atoms with E-state index in [-0.39, 0.29) is 17.3 Å². The fourth-order valence-electron chi connectivity index (χ4n) is 3.29. The van der Waals surface area contributed by atoms with Crippen molar-refractivity contribution in [1.82, 2.24) is 34.3 Å². The molecule has 9 nitrogen and oxygen atoms in total. The Hall–Kier alpha value is -3.63. The molecule has 0 saturated heterocycles. The second-order valence-corrected chi connectivity index (χ2v) is 8.37. The van der Waals surface area contributed by atoms with Crippen LogP contribution in [0.3, 0.4) is 0 Å². The number of nitrogen functional groups attached to an aromatic ring is 1. The lowest BCUT2D eigenvalue weighted by molar-refractivity contribution is 0.846. The molecule has 0 fully saturated rings. The highest BCUT2D eigenvalue weighted by Gasteiger charge is 2.16. The van der Waals surface area contributed by atoms with E-state index in [4.69, 9.17) is 17.3 Å². The molecule has 0 bridgehead atoms. The average Bonchev–Trinajstić information content (AvgIpc) is 3.36. The highest BCUT2D eigenvalue weighted by molar-refractivity contribution is 7.98. The van der Waals surface area contributed by atoms with Crippen LogP contribution in [-0.4, -0.2) is 34.3 Å². The molecule has 11 heteroatoms. The van der Waals surface area contributed by atoms with E-state index in [0.717, 1.165) is 17.1 Å². The molecule has 3 N–H and O–H groups in total. The summed E-state index contributed by atoms with van der Waals surface area (Å²) in [6, 6.07) is 19.0. The number of aromatic nitrogens is 7. The maximum Gasteiger partial charge on any atom is 0.274 e. The van der Waals surface area contributed by atoms with Gasteiger partial charge in [-0.1, -0.05) is 53.7 Å². The van der Waals surface area contributed by atoms with Crippen molar-refractivity contribution < 1.29 is 0 Å². The summed E-state index contributed by atoms with van der Waals surface area (Å²) in [4.78, 5) is 20.7. The van der Waals surface area contributed by atoms with E-state index >= 15 is 0 Å². The van der Waals surface area contributed by atoms with Gasteiger partial charge in [-0.05, 0) is 29.8 Å². The Labute approximate surface area is 191 Å². The largest absolute Gasteiger partial charge is 0.368 e. The van der Waals surface area contributed by atoms with Crippen molar-refractivity contribution in [2.75, 3.05) is 5.73 Å². The zero-order valence-electron chi connectivity index (χ0n) is 16.6. The van der Waals surface area contributed by atoms with Gasteiger partial charge in [-0.15, -0.1) is 10.2 Å². The van der Waals surface area contributed by atoms with Crippen molar-refractivity contribution in [2.45, 2.75) is 17.3 Å². The van der Waals surface area contributed by atoms with Gasteiger partial charge in [-0.3, -0.25) is 14.5 Å². The average molecular weight is 465 g/mol. The van der Waals surface area contributed by atoms with E-state index in [1.165, 1.54) is 22.3 Å². The summed E-state index contributed by atoms with van der Waals surface area (Å²) in [5.74, 6) is 1.57. The van der Waals surface area contributed by atoms with E-state index in [2.05, 4.69) is 37.4 Å². The number of aromatic amines is 1. The molecule has 0 amide bonds. The predicted octanol–water partition coefficient (Wildman–Crippen LogP) is 3.12. The van der Waals surface area contributed by atoms with Gasteiger partial charge in [0.25, 0.3) is 11.3 Å². The fourth-order valence-corrected chi connectivity index (χ4v) is 4.28. The molecule has 3 heterocycles. The number of rotatable bonds is 6. The van der Waals surface area contributed by atoms with Gasteiger partial charge in [0.2, 0.25) is 5.95 Å². The maximum absolute atomic E-state index is 12.3. The number of nitrogens with two attached hydrogens (primary N) is 1. The van der Waals surface area contributed by atoms with Crippen molar-refractivity contribution in [3.8, 4) is 5.69 Å². The lowest BCUT2D eigenvalue weighted by Gasteiger charge is -2.10. The van der Waals surface area contributed by atoms with Crippen molar-refractivity contribution in [1.29, 1.82) is 0 Å². The Balaban J connectivity index is 1.48. The molecule has 0 saturated carbocycles. The number of anilines is 1. The van der Waals surface area contributed by atoms with E-state index in [9.17, 15) is 4.79 Å². The third-order valence-electron chi connectivity index (χ3n) is 4.74. The van der Waals surface area contributed by atoms with Gasteiger partial charge in [0.05, 0.1) is 5.69 Å². The first-order chi connectivity index (χ1) is 15.6. The molecular weight excluding hydrogens is 448 g/mol. The normalized spacial score (nSPS) is 11.3. The van der Waals surface area contributed by atoms with Gasteiger partial charge < -0.3 is 5.73 Å². The van der Waals surface area contributed by atoms with E-state index < -0.39 is 0 Å². The minimum atomic E-state index is -0.279. The molecule has 3 aromatic heterocycles. The molecule has 0 aliphatic rings. The third kappa shape index (κ3) is 4.10. The van der Waals surface area contributed by atoms with Crippen molar-refractivity contribution in [2.24, 2.45) is 0 Å². The second-order valence-electron chi connectivity index (χ2n) is 6.99. The molecule has 0 atom stereocenters. The number of benzene rings is 2. The molecule has 0 aliphatic heterocycles. The van der Waals surface area contributed by atoms with E-state index in [1.54, 1.807) is 0 Å². The predicted molar refractivity (Wildman–Crippen MR) is 123 cm³/mol. The van der Waals surface area contributed by atoms with Crippen LogP contribution in [0.4, 0.5) is 5.95 Å². The van der Waals surface area contributed by atoms with Crippen LogP contribution < -0.4 is 11.3 Å². The Morgan fingerprint density at radius 1 is 1.03 bits per heavy atom. The summed E-state index contributed by atoms with van der Waals surface area (Å²) < 4.78 is 3.20. The molecule has 0 spiro atoms. The van der Waals surface area contributed by atoms with Crippen LogP contribution >= 0.6 is 23.4 Å². The van der Waals surface area contributed by atoms with Crippen molar-refractivity contribution in [3.63, 3.8) is 0 Å². The molecule has 5 aromatic rings. The lowest BCUT2D eigenvalue weighted by Crippen LogP contribution is -2.15. The smallest absolute Gasteiger partial charge is 0.274 e. The highest BCUT2D eigenvalue weighted by atomic mass is 35.5. The zero-order valence-corrected chi connectivity index (χ0v) is 18.2. The highest BCUT2D eigenvalue weighted by Crippen LogP contribution is 2.26. The summed E-state index contributed by atoms with van der Waals surface area (Å²) in [5.41, 5.74) is 7.95. The number of thioether (sulfide) groups is 1. The fraction of sp³-hybridized carbons (Fsp3) is 0.0952. The van der Waals surface area contributed by atoms with Gasteiger partial charge in [-0.25, -0.2) is 4.98 Å². The van der Waals surface area contributed by atoms with Crippen LogP contribution in [0, 0.1) is 0 Å². The number of nitrogens with one attached hydrogen (secondary N) is 1. The van der Waals surface area contributed by atoms with Crippen LogP contribution in [0.25, 0.3) is 11.5 Å². The molecule has 160 valence electrons. The van der Waals surface area contributed by atoms with Crippen LogP contribution in [0.5, 0.6) is 0 Å². The standard InChI is InChI=1S/C21H17ClN8OS/c22-14-6-8-16(9-7-14)29-17(10-13-4-2-1-3-5-13)26-27-21(29)32-12-15-11-18(31)30-20(24-15)25-19(23)28-30/h1-9,11H,10,12H2,(H3,23,24,25,28). The number of hydrogen-bond acceptors (Lipinski definition) is 7.